The van der Waals surface area contributed by atoms with Crippen molar-refractivity contribution in [2.45, 2.75) is 52.0 Å². The highest BCUT2D eigenvalue weighted by atomic mass is 79.9. The Labute approximate surface area is 136 Å². The van der Waals surface area contributed by atoms with E-state index in [9.17, 15) is 0 Å². The molecule has 0 aromatic heterocycles. The van der Waals surface area contributed by atoms with Crippen LogP contribution in [0.25, 0.3) is 0 Å². The van der Waals surface area contributed by atoms with Crippen LogP contribution in [0.15, 0.2) is 22.7 Å². The van der Waals surface area contributed by atoms with Crippen molar-refractivity contribution in [2.24, 2.45) is 11.8 Å². The molecule has 112 valence electrons. The topological polar surface area (TPSA) is 12.0 Å². The summed E-state index contributed by atoms with van der Waals surface area (Å²) in [4.78, 5) is 0. The lowest BCUT2D eigenvalue weighted by molar-refractivity contribution is 0.348. The number of halogens is 2. The van der Waals surface area contributed by atoms with E-state index in [1.807, 2.05) is 6.07 Å². The molecule has 1 nitrogen and oxygen atoms in total. The Bertz CT molecular complexity index is 435. The van der Waals surface area contributed by atoms with E-state index in [4.69, 9.17) is 11.6 Å². The molecular weight excluding hydrogens is 334 g/mol. The first-order valence-corrected chi connectivity index (χ1v) is 8.94. The predicted molar refractivity (Wildman–Crippen MR) is 91.4 cm³/mol. The zero-order valence-corrected chi connectivity index (χ0v) is 14.8. The van der Waals surface area contributed by atoms with E-state index >= 15 is 0 Å². The van der Waals surface area contributed by atoms with Crippen LogP contribution in [-0.2, 0) is 6.42 Å². The Balaban J connectivity index is 2.06. The van der Waals surface area contributed by atoms with E-state index < -0.39 is 0 Å². The number of benzene rings is 1. The Kier molecular flexibility index (Phi) is 6.38. The Morgan fingerprint density at radius 1 is 1.40 bits per heavy atom. The minimum absolute atomic E-state index is 0.568. The van der Waals surface area contributed by atoms with Gasteiger partial charge in [-0.3, -0.25) is 0 Å². The van der Waals surface area contributed by atoms with Crippen molar-refractivity contribution in [3.63, 3.8) is 0 Å². The standard InChI is InChI=1S/C17H25BrClN/c1-3-8-20-17(14-5-4-12(2)9-14)10-13-6-7-15(18)11-16(13)19/h6-7,11-12,14,17,20H,3-5,8-10H2,1-2H3. The molecule has 3 atom stereocenters. The van der Waals surface area contributed by atoms with Gasteiger partial charge < -0.3 is 5.32 Å². The van der Waals surface area contributed by atoms with Gasteiger partial charge in [-0.15, -0.1) is 0 Å². The molecule has 0 aliphatic heterocycles. The Hall–Kier alpha value is -0.0500. The maximum absolute atomic E-state index is 6.39. The van der Waals surface area contributed by atoms with Crippen molar-refractivity contribution in [3.8, 4) is 0 Å². The Morgan fingerprint density at radius 3 is 2.80 bits per heavy atom. The maximum atomic E-state index is 6.39. The van der Waals surface area contributed by atoms with Crippen LogP contribution < -0.4 is 5.32 Å². The highest BCUT2D eigenvalue weighted by Crippen LogP contribution is 2.34. The molecule has 0 amide bonds. The van der Waals surface area contributed by atoms with Crippen molar-refractivity contribution in [1.82, 2.24) is 5.32 Å². The molecule has 3 heteroatoms. The van der Waals surface area contributed by atoms with Crippen molar-refractivity contribution in [1.29, 1.82) is 0 Å². The molecule has 1 fully saturated rings. The van der Waals surface area contributed by atoms with Gasteiger partial charge in [0.15, 0.2) is 0 Å². The van der Waals surface area contributed by atoms with Gasteiger partial charge in [0, 0.05) is 15.5 Å². The van der Waals surface area contributed by atoms with Gasteiger partial charge in [-0.2, -0.15) is 0 Å². The summed E-state index contributed by atoms with van der Waals surface area (Å²) in [6, 6.07) is 6.82. The lowest BCUT2D eigenvalue weighted by atomic mass is 9.91. The lowest BCUT2D eigenvalue weighted by Gasteiger charge is -2.25. The van der Waals surface area contributed by atoms with Gasteiger partial charge in [0.1, 0.15) is 0 Å². The van der Waals surface area contributed by atoms with E-state index in [1.54, 1.807) is 0 Å². The summed E-state index contributed by atoms with van der Waals surface area (Å²) in [7, 11) is 0. The summed E-state index contributed by atoms with van der Waals surface area (Å²) < 4.78 is 1.05. The second-order valence-corrected chi connectivity index (χ2v) is 7.50. The summed E-state index contributed by atoms with van der Waals surface area (Å²) in [6.45, 7) is 5.71. The van der Waals surface area contributed by atoms with Crippen LogP contribution >= 0.6 is 27.5 Å². The van der Waals surface area contributed by atoms with Crippen LogP contribution in [0.4, 0.5) is 0 Å². The third kappa shape index (κ3) is 4.47. The zero-order valence-electron chi connectivity index (χ0n) is 12.5. The highest BCUT2D eigenvalue weighted by Gasteiger charge is 2.28. The van der Waals surface area contributed by atoms with Crippen LogP contribution in [0.5, 0.6) is 0 Å². The average Bonchev–Trinajstić information content (AvgIpc) is 2.83. The molecular formula is C17H25BrClN. The monoisotopic (exact) mass is 357 g/mol. The number of nitrogens with one attached hydrogen (secondary N) is 1. The molecule has 0 radical (unpaired) electrons. The van der Waals surface area contributed by atoms with E-state index in [0.29, 0.717) is 6.04 Å². The number of hydrogen-bond donors (Lipinski definition) is 1. The third-order valence-corrected chi connectivity index (χ3v) is 5.26. The molecule has 1 N–H and O–H groups in total. The molecule has 3 unspecified atom stereocenters. The second kappa shape index (κ2) is 7.82. The minimum atomic E-state index is 0.568. The minimum Gasteiger partial charge on any atom is -0.313 e. The largest absolute Gasteiger partial charge is 0.313 e. The van der Waals surface area contributed by atoms with Crippen molar-refractivity contribution < 1.29 is 0 Å². The normalized spacial score (nSPS) is 24.0. The van der Waals surface area contributed by atoms with Crippen molar-refractivity contribution in [2.75, 3.05) is 6.54 Å². The third-order valence-electron chi connectivity index (χ3n) is 4.42. The fourth-order valence-corrected chi connectivity index (χ4v) is 4.03. The fourth-order valence-electron chi connectivity index (χ4n) is 3.28. The summed E-state index contributed by atoms with van der Waals surface area (Å²) in [5.74, 6) is 1.68. The van der Waals surface area contributed by atoms with E-state index in [1.165, 1.54) is 31.2 Å². The highest BCUT2D eigenvalue weighted by molar-refractivity contribution is 9.10. The zero-order chi connectivity index (χ0) is 14.5. The first kappa shape index (κ1) is 16.3. The van der Waals surface area contributed by atoms with E-state index in [0.717, 1.165) is 34.3 Å². The number of rotatable bonds is 6. The van der Waals surface area contributed by atoms with Gasteiger partial charge in [0.2, 0.25) is 0 Å². The van der Waals surface area contributed by atoms with Gasteiger partial charge >= 0.3 is 0 Å². The summed E-state index contributed by atoms with van der Waals surface area (Å²) in [6.07, 6.45) is 6.33. The Morgan fingerprint density at radius 2 is 2.20 bits per heavy atom. The van der Waals surface area contributed by atoms with Crippen LogP contribution in [0.3, 0.4) is 0 Å². The average molecular weight is 359 g/mol. The number of hydrogen-bond acceptors (Lipinski definition) is 1. The fraction of sp³-hybridized carbons (Fsp3) is 0.647. The lowest BCUT2D eigenvalue weighted by Crippen LogP contribution is -2.37. The smallest absolute Gasteiger partial charge is 0.0449 e. The van der Waals surface area contributed by atoms with E-state index in [2.05, 4.69) is 47.2 Å². The van der Waals surface area contributed by atoms with Gasteiger partial charge in [0.05, 0.1) is 0 Å². The van der Waals surface area contributed by atoms with E-state index in [-0.39, 0.29) is 0 Å². The first-order chi connectivity index (χ1) is 9.60. The SMILES string of the molecule is CCCNC(Cc1ccc(Br)cc1Cl)C1CCC(C)C1. The molecule has 1 aromatic rings. The van der Waals surface area contributed by atoms with Crippen LogP contribution in [0.2, 0.25) is 5.02 Å². The van der Waals surface area contributed by atoms with Crippen LogP contribution in [0.1, 0.15) is 45.1 Å². The quantitative estimate of drug-likeness (QED) is 0.713. The molecule has 1 aliphatic carbocycles. The predicted octanol–water partition coefficient (Wildman–Crippen LogP) is 5.45. The molecule has 0 bridgehead atoms. The molecule has 0 heterocycles. The van der Waals surface area contributed by atoms with Gasteiger partial charge in [-0.05, 0) is 61.8 Å². The second-order valence-electron chi connectivity index (χ2n) is 6.18. The maximum Gasteiger partial charge on any atom is 0.0449 e. The summed E-state index contributed by atoms with van der Waals surface area (Å²) >= 11 is 9.86. The van der Waals surface area contributed by atoms with Gasteiger partial charge in [-0.1, -0.05) is 53.9 Å². The molecule has 0 saturated heterocycles. The van der Waals surface area contributed by atoms with Gasteiger partial charge in [-0.25, -0.2) is 0 Å². The molecule has 1 saturated carbocycles. The first-order valence-electron chi connectivity index (χ1n) is 7.77. The van der Waals surface area contributed by atoms with Crippen molar-refractivity contribution in [3.05, 3.63) is 33.3 Å². The molecule has 2 rings (SSSR count). The summed E-state index contributed by atoms with van der Waals surface area (Å²) in [5.41, 5.74) is 1.27. The van der Waals surface area contributed by atoms with Gasteiger partial charge in [0.25, 0.3) is 0 Å². The summed E-state index contributed by atoms with van der Waals surface area (Å²) in [5, 5.41) is 4.63. The molecule has 1 aromatic carbocycles. The van der Waals surface area contributed by atoms with Crippen molar-refractivity contribution >= 4 is 27.5 Å². The molecule has 20 heavy (non-hydrogen) atoms. The van der Waals surface area contributed by atoms with Crippen LogP contribution in [-0.4, -0.2) is 12.6 Å². The molecule has 0 spiro atoms. The molecule has 1 aliphatic rings. The van der Waals surface area contributed by atoms with Crippen LogP contribution in [0, 0.1) is 11.8 Å².